The Morgan fingerprint density at radius 3 is 2.42 bits per heavy atom. The number of unbranched alkanes of at least 4 members (excludes halogenated alkanes) is 1. The molecule has 0 radical (unpaired) electrons. The zero-order valence-corrected chi connectivity index (χ0v) is 39.8. The Morgan fingerprint density at radius 2 is 1.68 bits per heavy atom. The van der Waals surface area contributed by atoms with Gasteiger partial charge >= 0.3 is 7.60 Å². The molecule has 1 atom stereocenters. The molecule has 4 aromatic rings. The van der Waals surface area contributed by atoms with Crippen LogP contribution in [0, 0.1) is 0 Å². The Hall–Kier alpha value is -5.23. The van der Waals surface area contributed by atoms with Gasteiger partial charge < -0.3 is 39.1 Å². The van der Waals surface area contributed by atoms with Gasteiger partial charge in [-0.3, -0.25) is 34.0 Å². The quantitative estimate of drug-likeness (QED) is 0.0446. The summed E-state index contributed by atoms with van der Waals surface area (Å²) in [7, 11) is 0.717. The maximum absolute atomic E-state index is 13.2. The van der Waals surface area contributed by atoms with Crippen LogP contribution in [0.2, 0.25) is 5.02 Å². The van der Waals surface area contributed by atoms with E-state index in [9.17, 15) is 23.7 Å². The van der Waals surface area contributed by atoms with Gasteiger partial charge in [0.15, 0.2) is 5.82 Å². The molecule has 66 heavy (non-hydrogen) atoms. The molecule has 0 saturated carbocycles. The molecule has 4 aliphatic rings. The minimum atomic E-state index is -3.57. The molecule has 20 heteroatoms. The number of hydrogen-bond acceptors (Lipinski definition) is 15. The molecule has 4 amide bonds. The first-order valence-electron chi connectivity index (χ1n) is 22.2. The molecule has 3 N–H and O–H groups in total. The highest BCUT2D eigenvalue weighted by Gasteiger charge is 2.39. The van der Waals surface area contributed by atoms with Crippen molar-refractivity contribution >= 4 is 88.7 Å². The summed E-state index contributed by atoms with van der Waals surface area (Å²) in [6, 6.07) is 18.6. The minimum Gasteiger partial charge on any atom is -0.494 e. The van der Waals surface area contributed by atoms with E-state index in [2.05, 4.69) is 41.8 Å². The van der Waals surface area contributed by atoms with Crippen molar-refractivity contribution in [2.75, 3.05) is 81.9 Å². The summed E-state index contributed by atoms with van der Waals surface area (Å²) in [4.78, 5) is 68.7. The maximum atomic E-state index is 13.2. The largest absolute Gasteiger partial charge is 0.494 e. The second-order valence-corrected chi connectivity index (χ2v) is 20.3. The van der Waals surface area contributed by atoms with E-state index < -0.39 is 19.5 Å². The molecule has 0 bridgehead atoms. The van der Waals surface area contributed by atoms with E-state index in [4.69, 9.17) is 25.4 Å². The number of ether oxygens (including phenoxy) is 1. The lowest BCUT2D eigenvalue weighted by Crippen LogP contribution is -2.54. The Kier molecular flexibility index (Phi) is 15.2. The van der Waals surface area contributed by atoms with Crippen LogP contribution in [0.5, 0.6) is 5.75 Å². The fraction of sp³-hybridized carbons (Fsp3) is 0.435. The van der Waals surface area contributed by atoms with Gasteiger partial charge in [-0.15, -0.1) is 11.8 Å². The summed E-state index contributed by atoms with van der Waals surface area (Å²) in [5, 5.41) is 9.35. The topological polar surface area (TPSA) is 188 Å². The lowest BCUT2D eigenvalue weighted by molar-refractivity contribution is -0.137. The molecule has 1 unspecified atom stereocenters. The number of benzene rings is 3. The Bertz CT molecular complexity index is 2500. The van der Waals surface area contributed by atoms with Crippen LogP contribution in [0.3, 0.4) is 0 Å². The average molecular weight is 960 g/mol. The number of fused-ring (bicyclic) bond motifs is 1. The molecule has 5 heterocycles. The highest BCUT2D eigenvalue weighted by Crippen LogP contribution is 2.47. The first-order chi connectivity index (χ1) is 32.0. The van der Waals surface area contributed by atoms with Crippen molar-refractivity contribution in [3.8, 4) is 5.75 Å². The summed E-state index contributed by atoms with van der Waals surface area (Å²) in [6.07, 6.45) is 6.36. The van der Waals surface area contributed by atoms with Crippen molar-refractivity contribution in [2.45, 2.75) is 68.5 Å². The van der Waals surface area contributed by atoms with Crippen LogP contribution in [0.25, 0.3) is 0 Å². The summed E-state index contributed by atoms with van der Waals surface area (Å²) < 4.78 is 29.5. The number of piperidine rings is 2. The molecule has 4 aliphatic heterocycles. The van der Waals surface area contributed by atoms with Crippen molar-refractivity contribution in [3.63, 3.8) is 0 Å². The van der Waals surface area contributed by atoms with Gasteiger partial charge in [0.1, 0.15) is 16.8 Å². The van der Waals surface area contributed by atoms with E-state index >= 15 is 0 Å². The van der Waals surface area contributed by atoms with Crippen LogP contribution >= 0.6 is 31.0 Å². The summed E-state index contributed by atoms with van der Waals surface area (Å²) in [5.74, 6) is 1.42. The molecule has 17 nitrogen and oxygen atoms in total. The SMILES string of the molecule is COc1cc(N2CCC(N3CCN(C(=O)CCCCSc4ccc5c(c4)CN(C4CCC(=O)NC4=O)C5=O)CC3)CC2)ccc1Nc1ncc(Cl)c(Nc2ccccc2P(=O)(OC)OC)n1. The molecule has 0 spiro atoms. The zero-order valence-electron chi connectivity index (χ0n) is 37.3. The molecule has 3 fully saturated rings. The standard InChI is InChI=1S/C46H55ClN9O8PS/c1-62-39-27-32(11-14-36(39)50-46-48-28-35(47)43(52-46)49-37-8-4-5-9-40(37)65(61,63-2)64-3)53-19-17-31(18-20-53)54-21-23-55(24-22-54)42(58)10-6-7-25-66-33-12-13-34-30(26-33)29-56(45(34)60)38-15-16-41(57)51-44(38)59/h4-5,8-9,11-14,26-28,31,38H,6-7,10,15-25,29H2,1-3H3,(H,51,57,59)(H2,48,49,50,52). The number of nitrogens with zero attached hydrogens (tertiary/aromatic N) is 6. The van der Waals surface area contributed by atoms with E-state index in [0.717, 1.165) is 86.9 Å². The van der Waals surface area contributed by atoms with Crippen molar-refractivity contribution in [1.29, 1.82) is 0 Å². The monoisotopic (exact) mass is 959 g/mol. The smallest absolute Gasteiger partial charge is 0.362 e. The number of anilines is 5. The third-order valence-electron chi connectivity index (χ3n) is 12.7. The number of methoxy groups -OCH3 is 1. The number of halogens is 1. The van der Waals surface area contributed by atoms with Gasteiger partial charge in [0, 0.05) is 101 Å². The average Bonchev–Trinajstić information content (AvgIpc) is 3.66. The van der Waals surface area contributed by atoms with Gasteiger partial charge in [-0.25, -0.2) is 4.98 Å². The van der Waals surface area contributed by atoms with Crippen LogP contribution in [-0.2, 0) is 34.5 Å². The highest BCUT2D eigenvalue weighted by atomic mass is 35.5. The Morgan fingerprint density at radius 1 is 0.909 bits per heavy atom. The van der Waals surface area contributed by atoms with Crippen molar-refractivity contribution in [1.82, 2.24) is 30.0 Å². The lowest BCUT2D eigenvalue weighted by atomic mass is 10.0. The molecule has 8 rings (SSSR count). The number of imide groups is 1. The lowest BCUT2D eigenvalue weighted by Gasteiger charge is -2.43. The minimum absolute atomic E-state index is 0.167. The number of carbonyl (C=O) groups is 4. The molecule has 350 valence electrons. The molecule has 1 aromatic heterocycles. The number of aromatic nitrogens is 2. The number of thioether (sulfide) groups is 1. The van der Waals surface area contributed by atoms with Gasteiger partial charge in [0.05, 0.1) is 30.0 Å². The number of amides is 4. The maximum Gasteiger partial charge on any atom is 0.362 e. The van der Waals surface area contributed by atoms with Crippen molar-refractivity contribution in [3.05, 3.63) is 83.0 Å². The predicted molar refractivity (Wildman–Crippen MR) is 255 cm³/mol. The second kappa shape index (κ2) is 21.2. The van der Waals surface area contributed by atoms with E-state index in [0.29, 0.717) is 59.2 Å². The van der Waals surface area contributed by atoms with E-state index in [1.807, 2.05) is 35.2 Å². The van der Waals surface area contributed by atoms with Crippen molar-refractivity contribution < 1.29 is 37.5 Å². The summed E-state index contributed by atoms with van der Waals surface area (Å²) in [6.45, 7) is 5.40. The fourth-order valence-corrected chi connectivity index (χ4v) is 11.4. The number of hydrogen-bond donors (Lipinski definition) is 3. The number of para-hydroxylation sites is 1. The van der Waals surface area contributed by atoms with E-state index in [-0.39, 0.29) is 35.1 Å². The number of carbonyl (C=O) groups excluding carboxylic acids is 4. The first-order valence-corrected chi connectivity index (χ1v) is 25.1. The normalized spacial score (nSPS) is 18.3. The van der Waals surface area contributed by atoms with Gasteiger partial charge in [-0.2, -0.15) is 4.98 Å². The highest BCUT2D eigenvalue weighted by molar-refractivity contribution is 7.99. The molecule has 3 saturated heterocycles. The van der Waals surface area contributed by atoms with Gasteiger partial charge in [-0.05, 0) is 85.9 Å². The van der Waals surface area contributed by atoms with Gasteiger partial charge in [0.2, 0.25) is 23.7 Å². The van der Waals surface area contributed by atoms with Gasteiger partial charge in [-0.1, -0.05) is 23.7 Å². The van der Waals surface area contributed by atoms with Crippen LogP contribution in [-0.4, -0.2) is 127 Å². The molecular formula is C46H55ClN9O8PS. The van der Waals surface area contributed by atoms with E-state index in [1.54, 1.807) is 48.0 Å². The predicted octanol–water partition coefficient (Wildman–Crippen LogP) is 6.57. The Labute approximate surface area is 393 Å². The number of nitrogens with one attached hydrogen (secondary N) is 3. The summed E-state index contributed by atoms with van der Waals surface area (Å²) >= 11 is 8.20. The number of piperazine rings is 1. The third-order valence-corrected chi connectivity index (χ3v) is 16.0. The third kappa shape index (κ3) is 10.6. The Balaban J connectivity index is 0.755. The summed E-state index contributed by atoms with van der Waals surface area (Å²) in [5.41, 5.74) is 3.72. The molecular weight excluding hydrogens is 905 g/mol. The zero-order chi connectivity index (χ0) is 46.4. The van der Waals surface area contributed by atoms with Crippen LogP contribution in [0.4, 0.5) is 28.8 Å². The first kappa shape index (κ1) is 47.3. The molecule has 3 aromatic carbocycles. The van der Waals surface area contributed by atoms with Gasteiger partial charge in [0.25, 0.3) is 5.91 Å². The fourth-order valence-electron chi connectivity index (χ4n) is 9.02. The number of rotatable bonds is 17. The van der Waals surface area contributed by atoms with E-state index in [1.165, 1.54) is 20.4 Å². The van der Waals surface area contributed by atoms with Crippen LogP contribution in [0.1, 0.15) is 60.9 Å². The van der Waals surface area contributed by atoms with Crippen LogP contribution in [0.15, 0.2) is 71.8 Å². The second-order valence-electron chi connectivity index (χ2n) is 16.6. The molecule has 0 aliphatic carbocycles. The van der Waals surface area contributed by atoms with Crippen LogP contribution < -0.4 is 30.9 Å². The van der Waals surface area contributed by atoms with Crippen molar-refractivity contribution in [2.24, 2.45) is 0 Å².